The zero-order chi connectivity index (χ0) is 33.1. The van der Waals surface area contributed by atoms with Gasteiger partial charge in [-0.2, -0.15) is 0 Å². The predicted molar refractivity (Wildman–Crippen MR) is 173 cm³/mol. The molecule has 0 fully saturated rings. The molecule has 240 valence electrons. The molecule has 9 nitrogen and oxygen atoms in total. The monoisotopic (exact) mass is 655 g/mol. The lowest BCUT2D eigenvalue weighted by Crippen LogP contribution is -2.23. The average Bonchev–Trinajstić information content (AvgIpc) is 3.43. The second kappa shape index (κ2) is 13.3. The Morgan fingerprint density at radius 2 is 1.68 bits per heavy atom. The highest BCUT2D eigenvalue weighted by Crippen LogP contribution is 2.26. The first-order chi connectivity index (χ1) is 22.6. The molecular weight excluding hydrogens is 624 g/mol. The lowest BCUT2D eigenvalue weighted by Gasteiger charge is -2.19. The van der Waals surface area contributed by atoms with Crippen molar-refractivity contribution in [1.82, 2.24) is 24.1 Å². The van der Waals surface area contributed by atoms with Gasteiger partial charge in [-0.15, -0.1) is 0 Å². The summed E-state index contributed by atoms with van der Waals surface area (Å²) in [5.74, 6) is -1.77. The van der Waals surface area contributed by atoms with Crippen LogP contribution in [0.1, 0.15) is 34.9 Å². The molecule has 0 spiro atoms. The number of imidazole rings is 1. The van der Waals surface area contributed by atoms with Crippen molar-refractivity contribution in [3.8, 4) is 11.3 Å². The summed E-state index contributed by atoms with van der Waals surface area (Å²) in [6, 6.07) is 23.4. The number of nitrogens with zero attached hydrogens (tertiary/aromatic N) is 5. The fourth-order valence-corrected chi connectivity index (χ4v) is 6.55. The lowest BCUT2D eigenvalue weighted by atomic mass is 10.1. The van der Waals surface area contributed by atoms with Crippen LogP contribution in [-0.4, -0.2) is 38.3 Å². The van der Waals surface area contributed by atoms with Crippen LogP contribution in [0.3, 0.4) is 0 Å². The summed E-state index contributed by atoms with van der Waals surface area (Å²) in [7, 11) is -2.19. The highest BCUT2D eigenvalue weighted by molar-refractivity contribution is 7.91. The quantitative estimate of drug-likeness (QED) is 0.159. The minimum absolute atomic E-state index is 0.0470. The number of sulfone groups is 1. The number of halogens is 2. The van der Waals surface area contributed by atoms with Crippen molar-refractivity contribution in [3.05, 3.63) is 142 Å². The molecule has 0 aliphatic carbocycles. The van der Waals surface area contributed by atoms with Crippen LogP contribution in [0.5, 0.6) is 0 Å². The molecule has 0 N–H and O–H groups in total. The van der Waals surface area contributed by atoms with E-state index in [1.807, 2.05) is 60.1 Å². The van der Waals surface area contributed by atoms with Crippen molar-refractivity contribution in [3.63, 3.8) is 0 Å². The molecule has 0 aliphatic heterocycles. The van der Waals surface area contributed by atoms with Gasteiger partial charge in [0.1, 0.15) is 5.82 Å². The van der Waals surface area contributed by atoms with Gasteiger partial charge in [-0.1, -0.05) is 54.6 Å². The fraction of sp³-hybridized carbons (Fsp3) is 0.200. The number of rotatable bonds is 11. The standard InChI is InChI=1S/C35H31F2N5O4S/c1-23-16-31(27-18-29(37)34(43)42(20-27)19-24-12-13-30-32(17-24)41(2)22-38-30)40-35(39-23)47(44,45)15-14-33(25-8-4-3-5-9-25)46-21-26-10-6-7-11-28(26)36/h3-13,16-18,20,22,33H,14-15,19,21H2,1-2H3. The van der Waals surface area contributed by atoms with Gasteiger partial charge in [-0.3, -0.25) is 4.79 Å². The molecule has 0 amide bonds. The first-order valence-corrected chi connectivity index (χ1v) is 16.5. The van der Waals surface area contributed by atoms with Crippen LogP contribution in [0.15, 0.2) is 107 Å². The minimum atomic E-state index is -4.05. The molecule has 3 aromatic heterocycles. The van der Waals surface area contributed by atoms with Gasteiger partial charge in [-0.05, 0) is 54.8 Å². The second-order valence-electron chi connectivity index (χ2n) is 11.3. The van der Waals surface area contributed by atoms with E-state index >= 15 is 0 Å². The summed E-state index contributed by atoms with van der Waals surface area (Å²) in [5.41, 5.74) is 3.42. The number of ether oxygens (including phenoxy) is 1. The molecule has 6 rings (SSSR count). The van der Waals surface area contributed by atoms with E-state index in [9.17, 15) is 22.0 Å². The molecule has 3 aromatic carbocycles. The fourth-order valence-electron chi connectivity index (χ4n) is 5.32. The van der Waals surface area contributed by atoms with Gasteiger partial charge in [0, 0.05) is 30.1 Å². The predicted octanol–water partition coefficient (Wildman–Crippen LogP) is 5.95. The van der Waals surface area contributed by atoms with Gasteiger partial charge in [-0.25, -0.2) is 32.2 Å². The SMILES string of the molecule is Cc1cc(-c2cc(F)c(=O)n(Cc3ccc4ncn(C)c4c3)c2)nc(S(=O)(=O)CCC(OCc2ccccc2F)c2ccccc2)n1. The highest BCUT2D eigenvalue weighted by Gasteiger charge is 2.24. The smallest absolute Gasteiger partial charge is 0.286 e. The molecule has 0 bridgehead atoms. The average molecular weight is 656 g/mol. The van der Waals surface area contributed by atoms with Gasteiger partial charge < -0.3 is 13.9 Å². The minimum Gasteiger partial charge on any atom is -0.369 e. The van der Waals surface area contributed by atoms with Crippen LogP contribution >= 0.6 is 0 Å². The molecule has 6 aromatic rings. The third-order valence-corrected chi connectivity index (χ3v) is 9.32. The lowest BCUT2D eigenvalue weighted by molar-refractivity contribution is 0.0361. The third-order valence-electron chi connectivity index (χ3n) is 7.81. The number of pyridine rings is 1. The summed E-state index contributed by atoms with van der Waals surface area (Å²) in [6.45, 7) is 1.65. The molecular formula is C35H31F2N5O4S. The zero-order valence-electron chi connectivity index (χ0n) is 25.7. The van der Waals surface area contributed by atoms with Gasteiger partial charge in [0.05, 0.1) is 48.1 Å². The molecule has 47 heavy (non-hydrogen) atoms. The van der Waals surface area contributed by atoms with Gasteiger partial charge in [0.2, 0.25) is 15.0 Å². The summed E-state index contributed by atoms with van der Waals surface area (Å²) in [6.07, 6.45) is 2.54. The van der Waals surface area contributed by atoms with Crippen LogP contribution in [-0.2, 0) is 34.8 Å². The maximum Gasteiger partial charge on any atom is 0.286 e. The Labute approximate surface area is 270 Å². The Morgan fingerprint density at radius 1 is 0.915 bits per heavy atom. The van der Waals surface area contributed by atoms with Crippen molar-refractivity contribution in [1.29, 1.82) is 0 Å². The molecule has 0 saturated heterocycles. The molecule has 1 unspecified atom stereocenters. The maximum atomic E-state index is 15.0. The number of hydrogen-bond donors (Lipinski definition) is 0. The molecule has 1 atom stereocenters. The number of benzene rings is 3. The van der Waals surface area contributed by atoms with Gasteiger partial charge in [0.25, 0.3) is 5.56 Å². The van der Waals surface area contributed by atoms with Gasteiger partial charge >= 0.3 is 0 Å². The highest BCUT2D eigenvalue weighted by atomic mass is 32.2. The third kappa shape index (κ3) is 7.18. The molecule has 0 aliphatic rings. The number of fused-ring (bicyclic) bond motifs is 1. The van der Waals surface area contributed by atoms with Crippen molar-refractivity contribution in [2.75, 3.05) is 5.75 Å². The van der Waals surface area contributed by atoms with Crippen LogP contribution in [0.4, 0.5) is 8.78 Å². The van der Waals surface area contributed by atoms with Crippen LogP contribution in [0.25, 0.3) is 22.3 Å². The van der Waals surface area contributed by atoms with E-state index in [1.165, 1.54) is 22.9 Å². The van der Waals surface area contributed by atoms with Crippen LogP contribution in [0.2, 0.25) is 0 Å². The van der Waals surface area contributed by atoms with E-state index in [-0.39, 0.29) is 36.6 Å². The number of hydrogen-bond acceptors (Lipinski definition) is 7. The zero-order valence-corrected chi connectivity index (χ0v) is 26.5. The first kappa shape index (κ1) is 31.9. The molecule has 12 heteroatoms. The Morgan fingerprint density at radius 3 is 2.47 bits per heavy atom. The van der Waals surface area contributed by atoms with Crippen molar-refractivity contribution in [2.45, 2.75) is 37.8 Å². The van der Waals surface area contributed by atoms with Crippen LogP contribution in [0, 0.1) is 18.6 Å². The van der Waals surface area contributed by atoms with E-state index in [0.29, 0.717) is 11.3 Å². The number of aromatic nitrogens is 5. The molecule has 0 radical (unpaired) electrons. The summed E-state index contributed by atoms with van der Waals surface area (Å²) < 4.78 is 65.5. The van der Waals surface area contributed by atoms with Crippen molar-refractivity contribution in [2.24, 2.45) is 7.05 Å². The summed E-state index contributed by atoms with van der Waals surface area (Å²) >= 11 is 0. The van der Waals surface area contributed by atoms with E-state index in [0.717, 1.165) is 28.2 Å². The topological polar surface area (TPSA) is 109 Å². The Balaban J connectivity index is 1.26. The Kier molecular flexibility index (Phi) is 9.06. The molecule has 0 saturated carbocycles. The first-order valence-electron chi connectivity index (χ1n) is 14.9. The summed E-state index contributed by atoms with van der Waals surface area (Å²) in [4.78, 5) is 25.6. The summed E-state index contributed by atoms with van der Waals surface area (Å²) in [5, 5.41) is -0.423. The van der Waals surface area contributed by atoms with Crippen molar-refractivity contribution < 1.29 is 21.9 Å². The number of aryl methyl sites for hydroxylation is 2. The second-order valence-corrected chi connectivity index (χ2v) is 13.3. The Hall–Kier alpha value is -5.07. The Bertz CT molecular complexity index is 2240. The van der Waals surface area contributed by atoms with E-state index < -0.39 is 38.3 Å². The molecule has 3 heterocycles. The normalized spacial score (nSPS) is 12.4. The van der Waals surface area contributed by atoms with Gasteiger partial charge in [0.15, 0.2) is 5.82 Å². The largest absolute Gasteiger partial charge is 0.369 e. The maximum absolute atomic E-state index is 15.0. The van der Waals surface area contributed by atoms with E-state index in [4.69, 9.17) is 4.74 Å². The van der Waals surface area contributed by atoms with Crippen molar-refractivity contribution >= 4 is 20.9 Å². The van der Waals surface area contributed by atoms with E-state index in [1.54, 1.807) is 31.5 Å². The van der Waals surface area contributed by atoms with E-state index in [2.05, 4.69) is 15.0 Å². The van der Waals surface area contributed by atoms with Crippen LogP contribution < -0.4 is 5.56 Å².